The highest BCUT2D eigenvalue weighted by Crippen LogP contribution is 2.26. The van der Waals surface area contributed by atoms with Crippen molar-refractivity contribution in [2.45, 2.75) is 32.7 Å². The van der Waals surface area contributed by atoms with Crippen molar-refractivity contribution in [2.75, 3.05) is 25.1 Å². The Morgan fingerprint density at radius 2 is 2.30 bits per heavy atom. The third-order valence-electron chi connectivity index (χ3n) is 3.42. The molecule has 1 fully saturated rings. The second-order valence-corrected chi connectivity index (χ2v) is 5.16. The number of rotatable bonds is 3. The number of aromatic nitrogens is 2. The maximum atomic E-state index is 11.2. The molecule has 1 saturated heterocycles. The van der Waals surface area contributed by atoms with E-state index in [9.17, 15) is 4.79 Å². The van der Waals surface area contributed by atoms with Crippen LogP contribution in [0.3, 0.4) is 0 Å². The molecular formula is C13H19ClN4O2. The summed E-state index contributed by atoms with van der Waals surface area (Å²) in [4.78, 5) is 22.2. The molecule has 6 nitrogen and oxygen atoms in total. The highest BCUT2D eigenvalue weighted by atomic mass is 35.5. The van der Waals surface area contributed by atoms with Gasteiger partial charge in [0.05, 0.1) is 13.2 Å². The van der Waals surface area contributed by atoms with Gasteiger partial charge in [-0.3, -0.25) is 0 Å². The number of halogens is 1. The zero-order valence-electron chi connectivity index (χ0n) is 11.9. The van der Waals surface area contributed by atoms with Crippen LogP contribution in [0.4, 0.5) is 10.6 Å². The number of amides is 1. The minimum absolute atomic E-state index is 0.0701. The lowest BCUT2D eigenvalue weighted by atomic mass is 10.3. The van der Waals surface area contributed by atoms with E-state index >= 15 is 0 Å². The van der Waals surface area contributed by atoms with E-state index in [2.05, 4.69) is 24.9 Å². The summed E-state index contributed by atoms with van der Waals surface area (Å²) in [5, 5.41) is 3.31. The first-order valence-corrected chi connectivity index (χ1v) is 7.05. The predicted molar refractivity (Wildman–Crippen MR) is 77.3 cm³/mol. The number of ether oxygens (including phenoxy) is 1. The number of hydrogen-bond donors (Lipinski definition) is 1. The molecule has 0 bridgehead atoms. The van der Waals surface area contributed by atoms with Gasteiger partial charge in [-0.1, -0.05) is 18.5 Å². The fourth-order valence-electron chi connectivity index (χ4n) is 2.28. The minimum Gasteiger partial charge on any atom is -0.453 e. The van der Waals surface area contributed by atoms with E-state index < -0.39 is 6.09 Å². The average molecular weight is 299 g/mol. The van der Waals surface area contributed by atoms with Gasteiger partial charge in [-0.25, -0.2) is 14.8 Å². The van der Waals surface area contributed by atoms with Gasteiger partial charge < -0.3 is 15.0 Å². The Kier molecular flexibility index (Phi) is 4.65. The van der Waals surface area contributed by atoms with Gasteiger partial charge in [-0.05, 0) is 13.3 Å². The van der Waals surface area contributed by atoms with Crippen LogP contribution in [-0.2, 0) is 11.2 Å². The molecule has 0 saturated carbocycles. The number of hydrogen-bond acceptors (Lipinski definition) is 5. The van der Waals surface area contributed by atoms with Crippen molar-refractivity contribution in [3.05, 3.63) is 16.5 Å². The first kappa shape index (κ1) is 14.8. The van der Waals surface area contributed by atoms with Crippen molar-refractivity contribution in [2.24, 2.45) is 0 Å². The number of carbonyl (C=O) groups is 1. The number of nitrogens with zero attached hydrogens (tertiary/aromatic N) is 3. The molecule has 1 aliphatic heterocycles. The Morgan fingerprint density at radius 1 is 1.55 bits per heavy atom. The molecule has 0 aliphatic carbocycles. The van der Waals surface area contributed by atoms with Gasteiger partial charge in [0.25, 0.3) is 0 Å². The molecule has 2 heterocycles. The second-order valence-electron chi connectivity index (χ2n) is 4.80. The summed E-state index contributed by atoms with van der Waals surface area (Å²) in [7, 11) is 1.37. The fraction of sp³-hybridized carbons (Fsp3) is 0.615. The Balaban J connectivity index is 2.13. The van der Waals surface area contributed by atoms with Crippen LogP contribution in [0.5, 0.6) is 0 Å². The number of anilines is 1. The van der Waals surface area contributed by atoms with Crippen molar-refractivity contribution < 1.29 is 9.53 Å². The summed E-state index contributed by atoms with van der Waals surface area (Å²) < 4.78 is 4.62. The Hall–Kier alpha value is -1.56. The van der Waals surface area contributed by atoms with Crippen molar-refractivity contribution in [3.8, 4) is 0 Å². The predicted octanol–water partition coefficient (Wildman–Crippen LogP) is 1.94. The number of aryl methyl sites for hydroxylation is 1. The largest absolute Gasteiger partial charge is 0.453 e. The van der Waals surface area contributed by atoms with Gasteiger partial charge in [-0.15, -0.1) is 0 Å². The smallest absolute Gasteiger partial charge is 0.407 e. The fourth-order valence-corrected chi connectivity index (χ4v) is 2.46. The number of nitrogens with one attached hydrogen (secondary N) is 1. The van der Waals surface area contributed by atoms with Gasteiger partial charge in [0.2, 0.25) is 0 Å². The monoisotopic (exact) mass is 298 g/mol. The zero-order chi connectivity index (χ0) is 14.7. The Morgan fingerprint density at radius 3 is 2.95 bits per heavy atom. The molecule has 1 unspecified atom stereocenters. The van der Waals surface area contributed by atoms with Gasteiger partial charge in [0.1, 0.15) is 16.8 Å². The van der Waals surface area contributed by atoms with Crippen LogP contribution >= 0.6 is 11.6 Å². The summed E-state index contributed by atoms with van der Waals surface area (Å²) in [5.74, 6) is 1.59. The van der Waals surface area contributed by atoms with Crippen LogP contribution in [0, 0.1) is 6.92 Å². The third kappa shape index (κ3) is 3.12. The van der Waals surface area contributed by atoms with E-state index in [1.807, 2.05) is 13.8 Å². The van der Waals surface area contributed by atoms with E-state index in [1.54, 1.807) is 0 Å². The molecular weight excluding hydrogens is 280 g/mol. The Bertz CT molecular complexity index is 509. The topological polar surface area (TPSA) is 67.4 Å². The summed E-state index contributed by atoms with van der Waals surface area (Å²) in [6.07, 6.45) is 1.20. The maximum absolute atomic E-state index is 11.2. The molecule has 1 amide bonds. The summed E-state index contributed by atoms with van der Waals surface area (Å²) in [6.45, 7) is 5.44. The molecule has 2 rings (SSSR count). The molecule has 0 radical (unpaired) electrons. The standard InChI is InChI=1S/C13H19ClN4O2/c1-4-10-16-11(14)8(2)12(17-10)18-6-5-9(7-18)15-13(19)20-3/h9H,4-7H2,1-3H3,(H,15,19). The maximum Gasteiger partial charge on any atom is 0.407 e. The van der Waals surface area contributed by atoms with Crippen molar-refractivity contribution in [1.82, 2.24) is 15.3 Å². The number of carbonyl (C=O) groups excluding carboxylic acids is 1. The minimum atomic E-state index is -0.400. The number of methoxy groups -OCH3 is 1. The first-order chi connectivity index (χ1) is 9.55. The van der Waals surface area contributed by atoms with Gasteiger partial charge in [-0.2, -0.15) is 0 Å². The first-order valence-electron chi connectivity index (χ1n) is 6.67. The molecule has 0 aromatic carbocycles. The summed E-state index contributed by atoms with van der Waals surface area (Å²) >= 11 is 6.15. The second kappa shape index (κ2) is 6.26. The van der Waals surface area contributed by atoms with Crippen molar-refractivity contribution >= 4 is 23.5 Å². The van der Waals surface area contributed by atoms with Crippen molar-refractivity contribution in [1.29, 1.82) is 0 Å². The molecule has 20 heavy (non-hydrogen) atoms. The van der Waals surface area contributed by atoms with Gasteiger partial charge in [0, 0.05) is 25.1 Å². The quantitative estimate of drug-likeness (QED) is 0.864. The van der Waals surface area contributed by atoms with E-state index in [0.29, 0.717) is 11.7 Å². The highest BCUT2D eigenvalue weighted by Gasteiger charge is 2.27. The lowest BCUT2D eigenvalue weighted by Gasteiger charge is -2.20. The van der Waals surface area contributed by atoms with Crippen LogP contribution < -0.4 is 10.2 Å². The van der Waals surface area contributed by atoms with E-state index in [-0.39, 0.29) is 6.04 Å². The van der Waals surface area contributed by atoms with E-state index in [1.165, 1.54) is 7.11 Å². The summed E-state index contributed by atoms with van der Waals surface area (Å²) in [5.41, 5.74) is 0.877. The van der Waals surface area contributed by atoms with Crippen LogP contribution in [0.25, 0.3) is 0 Å². The average Bonchev–Trinajstić information content (AvgIpc) is 2.89. The zero-order valence-corrected chi connectivity index (χ0v) is 12.7. The van der Waals surface area contributed by atoms with Gasteiger partial charge >= 0.3 is 6.09 Å². The molecule has 7 heteroatoms. The van der Waals surface area contributed by atoms with Crippen LogP contribution in [-0.4, -0.2) is 42.3 Å². The van der Waals surface area contributed by atoms with Crippen LogP contribution in [0.2, 0.25) is 5.15 Å². The van der Waals surface area contributed by atoms with Gasteiger partial charge in [0.15, 0.2) is 0 Å². The third-order valence-corrected chi connectivity index (χ3v) is 3.79. The van der Waals surface area contributed by atoms with E-state index in [0.717, 1.165) is 36.6 Å². The molecule has 1 aromatic heterocycles. The molecule has 1 aliphatic rings. The summed E-state index contributed by atoms with van der Waals surface area (Å²) in [6, 6.07) is 0.0701. The Labute approximate surface area is 123 Å². The van der Waals surface area contributed by atoms with E-state index in [4.69, 9.17) is 11.6 Å². The molecule has 1 N–H and O–H groups in total. The van der Waals surface area contributed by atoms with Crippen LogP contribution in [0.1, 0.15) is 24.7 Å². The molecule has 0 spiro atoms. The van der Waals surface area contributed by atoms with Crippen molar-refractivity contribution in [3.63, 3.8) is 0 Å². The lowest BCUT2D eigenvalue weighted by Crippen LogP contribution is -2.37. The lowest BCUT2D eigenvalue weighted by molar-refractivity contribution is 0.167. The highest BCUT2D eigenvalue weighted by molar-refractivity contribution is 6.30. The molecule has 110 valence electrons. The normalized spacial score (nSPS) is 18.2. The SMILES string of the molecule is CCc1nc(Cl)c(C)c(N2CCC(NC(=O)OC)C2)n1. The molecule has 1 atom stereocenters. The number of alkyl carbamates (subject to hydrolysis) is 1. The molecule has 1 aromatic rings. The van der Waals surface area contributed by atoms with Crippen LogP contribution in [0.15, 0.2) is 0 Å².